The molecule has 7 heteroatoms. The minimum absolute atomic E-state index is 0.297. The molecular weight excluding hydrogens is 240 g/mol. The van der Waals surface area contributed by atoms with E-state index in [1.165, 1.54) is 6.20 Å². The van der Waals surface area contributed by atoms with Crippen molar-refractivity contribution in [1.29, 1.82) is 0 Å². The maximum absolute atomic E-state index is 11.6. The smallest absolute Gasteiger partial charge is 0.271 e. The van der Waals surface area contributed by atoms with Crippen molar-refractivity contribution < 1.29 is 9.53 Å². The molecule has 1 heterocycles. The molecule has 0 bridgehead atoms. The number of nitrogens with one attached hydrogen (secondary N) is 3. The number of hydrazine groups is 1. The number of ether oxygens (including phenoxy) is 1. The molecule has 1 amide bonds. The molecule has 0 aliphatic heterocycles. The van der Waals surface area contributed by atoms with Gasteiger partial charge in [-0.2, -0.15) is 0 Å². The topological polar surface area (TPSA) is 75.3 Å². The van der Waals surface area contributed by atoms with Crippen LogP contribution in [0, 0.1) is 0 Å². The number of rotatable bonds is 4. The van der Waals surface area contributed by atoms with E-state index in [0.29, 0.717) is 23.8 Å². The number of methoxy groups -OCH3 is 1. The summed E-state index contributed by atoms with van der Waals surface area (Å²) in [5, 5.41) is 3.19. The Morgan fingerprint density at radius 2 is 2.35 bits per heavy atom. The molecule has 0 radical (unpaired) electrons. The van der Waals surface area contributed by atoms with Crippen molar-refractivity contribution in [3.63, 3.8) is 0 Å². The molecule has 17 heavy (non-hydrogen) atoms. The second-order valence-corrected chi connectivity index (χ2v) is 3.48. The average Bonchev–Trinajstić information content (AvgIpc) is 2.37. The largest absolute Gasteiger partial charge is 0.383 e. The molecule has 0 atom stereocenters. The van der Waals surface area contributed by atoms with Gasteiger partial charge in [0.2, 0.25) is 0 Å². The van der Waals surface area contributed by atoms with E-state index in [0.717, 1.165) is 0 Å². The molecule has 0 spiro atoms. The highest BCUT2D eigenvalue weighted by Gasteiger charge is 2.04. The van der Waals surface area contributed by atoms with E-state index in [-0.39, 0.29) is 5.91 Å². The van der Waals surface area contributed by atoms with Crippen LogP contribution in [-0.4, -0.2) is 36.3 Å². The summed E-state index contributed by atoms with van der Waals surface area (Å²) in [6.45, 7) is 1.11. The van der Waals surface area contributed by atoms with E-state index >= 15 is 0 Å². The molecule has 0 aliphatic carbocycles. The lowest BCUT2D eigenvalue weighted by Crippen LogP contribution is -2.47. The van der Waals surface area contributed by atoms with Crippen molar-refractivity contribution in [1.82, 2.24) is 21.2 Å². The zero-order valence-corrected chi connectivity index (χ0v) is 10.2. The number of pyridine rings is 1. The van der Waals surface area contributed by atoms with Gasteiger partial charge in [-0.15, -0.1) is 0 Å². The fraction of sp³-hybridized carbons (Fsp3) is 0.300. The van der Waals surface area contributed by atoms with Crippen LogP contribution in [0.2, 0.25) is 0 Å². The number of aromatic nitrogens is 1. The maximum atomic E-state index is 11.6. The van der Waals surface area contributed by atoms with E-state index in [1.807, 2.05) is 0 Å². The Balaban J connectivity index is 2.26. The molecule has 0 aliphatic rings. The molecule has 1 aromatic heterocycles. The van der Waals surface area contributed by atoms with E-state index in [1.54, 1.807) is 25.4 Å². The molecule has 1 aromatic rings. The summed E-state index contributed by atoms with van der Waals surface area (Å²) >= 11 is 4.93. The van der Waals surface area contributed by atoms with E-state index < -0.39 is 0 Å². The van der Waals surface area contributed by atoms with Gasteiger partial charge in [0.1, 0.15) is 0 Å². The number of hydrogen-bond acceptors (Lipinski definition) is 4. The van der Waals surface area contributed by atoms with Crippen molar-refractivity contribution in [3.05, 3.63) is 30.1 Å². The van der Waals surface area contributed by atoms with Gasteiger partial charge in [-0.3, -0.25) is 20.6 Å². The minimum Gasteiger partial charge on any atom is -0.383 e. The minimum atomic E-state index is -0.297. The Bertz CT molecular complexity index is 372. The van der Waals surface area contributed by atoms with Crippen LogP contribution in [0.5, 0.6) is 0 Å². The van der Waals surface area contributed by atoms with Gasteiger partial charge in [0.25, 0.3) is 5.91 Å². The second kappa shape index (κ2) is 7.53. The number of carbonyl (C=O) groups is 1. The third-order valence-electron chi connectivity index (χ3n) is 1.81. The number of hydrogen-bond donors (Lipinski definition) is 3. The van der Waals surface area contributed by atoms with Gasteiger partial charge in [-0.05, 0) is 24.4 Å². The number of amides is 1. The van der Waals surface area contributed by atoms with Gasteiger partial charge >= 0.3 is 0 Å². The first-order valence-electron chi connectivity index (χ1n) is 4.97. The van der Waals surface area contributed by atoms with Crippen molar-refractivity contribution in [2.75, 3.05) is 20.3 Å². The van der Waals surface area contributed by atoms with Crippen LogP contribution >= 0.6 is 12.2 Å². The molecule has 0 unspecified atom stereocenters. The quantitative estimate of drug-likeness (QED) is 0.394. The molecule has 6 nitrogen and oxygen atoms in total. The van der Waals surface area contributed by atoms with Crippen molar-refractivity contribution in [2.45, 2.75) is 0 Å². The Labute approximate surface area is 105 Å². The zero-order valence-electron chi connectivity index (χ0n) is 9.40. The Kier molecular flexibility index (Phi) is 5.91. The maximum Gasteiger partial charge on any atom is 0.271 e. The monoisotopic (exact) mass is 254 g/mol. The molecule has 0 saturated carbocycles. The summed E-state index contributed by atoms with van der Waals surface area (Å²) in [5.41, 5.74) is 5.49. The van der Waals surface area contributed by atoms with Gasteiger partial charge in [0, 0.05) is 26.0 Å². The number of nitrogens with zero attached hydrogens (tertiary/aromatic N) is 1. The predicted octanol–water partition coefficient (Wildman–Crippen LogP) is -0.163. The molecule has 0 aromatic carbocycles. The van der Waals surface area contributed by atoms with Gasteiger partial charge < -0.3 is 10.1 Å². The Morgan fingerprint density at radius 3 is 3.00 bits per heavy atom. The highest BCUT2D eigenvalue weighted by molar-refractivity contribution is 7.80. The first-order chi connectivity index (χ1) is 8.24. The van der Waals surface area contributed by atoms with Gasteiger partial charge in [0.05, 0.1) is 12.2 Å². The van der Waals surface area contributed by atoms with Crippen molar-refractivity contribution >= 4 is 23.2 Å². The SMILES string of the molecule is COCCNC(=S)NNC(=O)c1cccnc1. The zero-order chi connectivity index (χ0) is 12.5. The number of thiocarbonyl (C=S) groups is 1. The van der Waals surface area contributed by atoms with Crippen LogP contribution in [0.25, 0.3) is 0 Å². The van der Waals surface area contributed by atoms with Gasteiger partial charge in [0.15, 0.2) is 5.11 Å². The van der Waals surface area contributed by atoms with E-state index in [4.69, 9.17) is 17.0 Å². The average molecular weight is 254 g/mol. The third kappa shape index (κ3) is 5.23. The van der Waals surface area contributed by atoms with Crippen LogP contribution in [0.1, 0.15) is 10.4 Å². The highest BCUT2D eigenvalue weighted by Crippen LogP contribution is 1.93. The lowest BCUT2D eigenvalue weighted by atomic mass is 10.3. The summed E-state index contributed by atoms with van der Waals surface area (Å²) in [4.78, 5) is 15.4. The normalized spacial score (nSPS) is 9.47. The van der Waals surface area contributed by atoms with E-state index in [2.05, 4.69) is 21.2 Å². The summed E-state index contributed by atoms with van der Waals surface area (Å²) in [5.74, 6) is -0.297. The molecule has 92 valence electrons. The summed E-state index contributed by atoms with van der Waals surface area (Å²) in [7, 11) is 1.60. The predicted molar refractivity (Wildman–Crippen MR) is 67.3 cm³/mol. The summed E-state index contributed by atoms with van der Waals surface area (Å²) in [6, 6.07) is 3.34. The second-order valence-electron chi connectivity index (χ2n) is 3.07. The molecule has 0 saturated heterocycles. The lowest BCUT2D eigenvalue weighted by molar-refractivity contribution is 0.0943. The van der Waals surface area contributed by atoms with Gasteiger partial charge in [-0.1, -0.05) is 0 Å². The molecule has 1 rings (SSSR count). The standard InChI is InChI=1S/C10H14N4O2S/c1-16-6-5-12-10(17)14-13-9(15)8-3-2-4-11-7-8/h2-4,7H,5-6H2,1H3,(H,13,15)(H2,12,14,17). The van der Waals surface area contributed by atoms with Crippen LogP contribution in [0.4, 0.5) is 0 Å². The van der Waals surface area contributed by atoms with Gasteiger partial charge in [-0.25, -0.2) is 0 Å². The third-order valence-corrected chi connectivity index (χ3v) is 2.05. The fourth-order valence-corrected chi connectivity index (χ4v) is 1.15. The van der Waals surface area contributed by atoms with Crippen molar-refractivity contribution in [3.8, 4) is 0 Å². The van der Waals surface area contributed by atoms with Crippen molar-refractivity contribution in [2.24, 2.45) is 0 Å². The Morgan fingerprint density at radius 1 is 1.53 bits per heavy atom. The number of carbonyl (C=O) groups excluding carboxylic acids is 1. The Hall–Kier alpha value is -1.73. The van der Waals surface area contributed by atoms with Crippen LogP contribution in [-0.2, 0) is 4.74 Å². The van der Waals surface area contributed by atoms with Crippen LogP contribution in [0.15, 0.2) is 24.5 Å². The molecular formula is C10H14N4O2S. The van der Waals surface area contributed by atoms with Crippen LogP contribution < -0.4 is 16.2 Å². The first-order valence-corrected chi connectivity index (χ1v) is 5.38. The molecule has 0 fully saturated rings. The lowest BCUT2D eigenvalue weighted by Gasteiger charge is -2.10. The highest BCUT2D eigenvalue weighted by atomic mass is 32.1. The first kappa shape index (κ1) is 13.3. The van der Waals surface area contributed by atoms with Crippen LogP contribution in [0.3, 0.4) is 0 Å². The molecule has 3 N–H and O–H groups in total. The summed E-state index contributed by atoms with van der Waals surface area (Å²) in [6.07, 6.45) is 3.07. The fourth-order valence-electron chi connectivity index (χ4n) is 0.994. The summed E-state index contributed by atoms with van der Waals surface area (Å²) < 4.78 is 4.84. The van der Waals surface area contributed by atoms with E-state index in [9.17, 15) is 4.79 Å².